The van der Waals surface area contributed by atoms with E-state index in [2.05, 4.69) is 56.6 Å². The Morgan fingerprint density at radius 1 is 0.455 bits per heavy atom. The zero-order chi connectivity index (χ0) is 88.9. The fourth-order valence-electron chi connectivity index (χ4n) is 16.1. The van der Waals surface area contributed by atoms with Crippen molar-refractivity contribution in [1.29, 1.82) is 0 Å². The molecule has 9 aromatic rings. The maximum absolute atomic E-state index is 14.8. The molecule has 6 fully saturated rings. The number of anilines is 3. The third-order valence-electron chi connectivity index (χ3n) is 22.7. The molecule has 3 aromatic carbocycles. The molecule has 9 heterocycles. The Labute approximate surface area is 700 Å². The number of methoxy groups -OCH3 is 3. The van der Waals surface area contributed by atoms with Crippen LogP contribution in [0.25, 0.3) is 33.1 Å². The average molecular weight is 1720 g/mol. The van der Waals surface area contributed by atoms with Crippen LogP contribution < -0.4 is 35.5 Å². The first-order valence-electron chi connectivity index (χ1n) is 40.0. The van der Waals surface area contributed by atoms with Gasteiger partial charge in [0.15, 0.2) is 0 Å². The monoisotopic (exact) mass is 1720 g/mol. The molecule has 29 nitrogen and oxygen atoms in total. The maximum atomic E-state index is 14.8. The van der Waals surface area contributed by atoms with E-state index in [0.29, 0.717) is 72.9 Å². The lowest BCUT2D eigenvalue weighted by atomic mass is 9.67. The van der Waals surface area contributed by atoms with Crippen molar-refractivity contribution in [3.05, 3.63) is 144 Å². The number of carbonyl (C=O) groups excluding carboxylic acids is 7. The van der Waals surface area contributed by atoms with Gasteiger partial charge in [0.05, 0.1) is 91.8 Å². The number of benzene rings is 3. The number of likely N-dealkylation sites (tertiary alicyclic amines) is 2. The van der Waals surface area contributed by atoms with E-state index >= 15 is 0 Å². The first-order valence-corrected chi connectivity index (χ1v) is 40.0. The Balaban J connectivity index is 0.000000156. The number of pyridine rings is 3. The molecule has 3 aliphatic heterocycles. The number of rotatable bonds is 15. The molecule has 0 spiro atoms. The first-order chi connectivity index (χ1) is 58.0. The molecule has 3 aliphatic carbocycles. The quantitative estimate of drug-likeness (QED) is 0.0519. The molecule has 0 radical (unpaired) electrons. The standard InChI is InChI=1S/C30H34F3N5O5.C25H26F3N5O3.C16H20FN5O3.C14H16F2O3/c1-28(2,3)43-27(41)38-22-8-9-24(35-21(22)16-34-38)36-25(39)23-15-19(31)17-37(23)26(40)29(10-12-30(32,33)13-11-29)18-6-5-7-20(14-18)42-4;1-36-17-4-2-3-15(11-17)24(7-9-25(27,28)10-8-24)23(35)33-14-16(26)12-20(33)22(34)31-21-6-5-18-19(30-21)13-29-32-18;1-16(2,3)25-15(24)22-12-4-5-13(20-11(12)8-19-22)21-14(23)10-6-9(17)7-18-10;1-19-11-4-2-3-10(9-11)13(12(17)18)5-7-14(15,16)8-6-13/h5-9,14,16,19,23H,10-13,15,17H2,1-4H3,(H,35,36,39);2-6,11,13,16,20H,7-10,12,14H2,1H3,(H,29,32)(H,30,31,34);4-5,8-10,18H,6-7H2,1-3H3,(H,20,21,23);2-4,9H,5-8H2,1H3,(H,17,18)/t19-,23-;16-,20-;9-,10-;/m111./s1. The van der Waals surface area contributed by atoms with Crippen LogP contribution in [0.4, 0.5) is 66.6 Å². The Morgan fingerprint density at radius 3 is 1.19 bits per heavy atom. The zero-order valence-electron chi connectivity index (χ0n) is 68.9. The summed E-state index contributed by atoms with van der Waals surface area (Å²) in [6.45, 7) is 10.0. The van der Waals surface area contributed by atoms with Crippen molar-refractivity contribution < 1.29 is 107 Å². The van der Waals surface area contributed by atoms with E-state index in [1.807, 2.05) is 0 Å². The highest BCUT2D eigenvalue weighted by molar-refractivity contribution is 6.02. The molecule has 658 valence electrons. The summed E-state index contributed by atoms with van der Waals surface area (Å²) in [5.41, 5.74) is -0.961. The largest absolute Gasteiger partial charge is 0.497 e. The van der Waals surface area contributed by atoms with Crippen LogP contribution >= 0.6 is 0 Å². The highest BCUT2D eigenvalue weighted by Crippen LogP contribution is 2.51. The van der Waals surface area contributed by atoms with Crippen molar-refractivity contribution in [3.8, 4) is 17.2 Å². The summed E-state index contributed by atoms with van der Waals surface area (Å²) >= 11 is 0. The van der Waals surface area contributed by atoms with Crippen LogP contribution in [-0.2, 0) is 54.5 Å². The summed E-state index contributed by atoms with van der Waals surface area (Å²) in [7, 11) is 4.43. The second kappa shape index (κ2) is 36.2. The van der Waals surface area contributed by atoms with Gasteiger partial charge in [0.2, 0.25) is 47.3 Å². The lowest BCUT2D eigenvalue weighted by molar-refractivity contribution is -0.149. The van der Waals surface area contributed by atoms with E-state index < -0.39 is 162 Å². The number of H-pyrrole nitrogens is 1. The summed E-state index contributed by atoms with van der Waals surface area (Å²) in [5, 5.41) is 34.9. The molecule has 6 aromatic heterocycles. The summed E-state index contributed by atoms with van der Waals surface area (Å²) in [4.78, 5) is 119. The predicted molar refractivity (Wildman–Crippen MR) is 431 cm³/mol. The summed E-state index contributed by atoms with van der Waals surface area (Å²) in [6.07, 6.45) is -4.66. The number of amides is 5. The Bertz CT molecular complexity index is 5370. The number of ether oxygens (including phenoxy) is 5. The van der Waals surface area contributed by atoms with Gasteiger partial charge in [0, 0.05) is 64.3 Å². The van der Waals surface area contributed by atoms with Crippen molar-refractivity contribution in [2.24, 2.45) is 0 Å². The summed E-state index contributed by atoms with van der Waals surface area (Å²) in [5.74, 6) is -10.2. The van der Waals surface area contributed by atoms with Gasteiger partial charge in [-0.2, -0.15) is 24.7 Å². The minimum Gasteiger partial charge on any atom is -0.497 e. The number of fused-ring (bicyclic) bond motifs is 3. The number of carboxylic acid groups (broad SMARTS) is 1. The van der Waals surface area contributed by atoms with Gasteiger partial charge >= 0.3 is 18.2 Å². The number of carboxylic acids is 1. The van der Waals surface area contributed by atoms with Gasteiger partial charge in [0.25, 0.3) is 0 Å². The van der Waals surface area contributed by atoms with Gasteiger partial charge in [-0.15, -0.1) is 0 Å². The Kier molecular flexibility index (Phi) is 26.6. The molecule has 3 saturated heterocycles. The van der Waals surface area contributed by atoms with Gasteiger partial charge in [0.1, 0.15) is 93.1 Å². The third kappa shape index (κ3) is 20.9. The molecular formula is C85H96F9N15O14. The predicted octanol–water partition coefficient (Wildman–Crippen LogP) is 14.3. The minimum absolute atomic E-state index is 0.0531. The number of nitrogens with zero attached hydrogens (tertiary/aromatic N) is 10. The van der Waals surface area contributed by atoms with E-state index in [-0.39, 0.29) is 95.0 Å². The van der Waals surface area contributed by atoms with Crippen LogP contribution in [-0.4, -0.2) is 214 Å². The van der Waals surface area contributed by atoms with Gasteiger partial charge < -0.3 is 59.9 Å². The number of aliphatic carboxylic acids is 1. The smallest absolute Gasteiger partial charge is 0.435 e. The lowest BCUT2D eigenvalue weighted by Gasteiger charge is -2.42. The SMILES string of the molecule is CC(C)(C)OC(=O)n1ncc2nc(NC(=O)[C@H]3C[C@@H](F)CN3)ccc21.COc1cccc(C2(C(=O)N3C[C@H](F)C[C@@H]3C(=O)Nc3ccc4[nH]ncc4n3)CCC(F)(F)CC2)c1.COc1cccc(C2(C(=O)N3C[C@H](F)C[C@@H]3C(=O)Nc3ccc4c(cnn4C(=O)OC(C)(C)C)n3)CCC(F)(F)CC2)c1.COc1cccc(C2(C(=O)O)CCC(F)(F)CC2)c1. The number of carbonyl (C=O) groups is 8. The summed E-state index contributed by atoms with van der Waals surface area (Å²) in [6, 6.07) is 26.7. The van der Waals surface area contributed by atoms with Gasteiger partial charge in [-0.05, 0) is 170 Å². The fourth-order valence-corrected chi connectivity index (χ4v) is 16.1. The van der Waals surface area contributed by atoms with Crippen LogP contribution in [0, 0.1) is 0 Å². The number of nitrogens with one attached hydrogen (secondary N) is 5. The number of alkyl halides is 9. The van der Waals surface area contributed by atoms with E-state index in [1.54, 1.807) is 139 Å². The number of aromatic amines is 1. The second-order valence-corrected chi connectivity index (χ2v) is 33.5. The Hall–Kier alpha value is -12.0. The average Bonchev–Trinajstić information content (AvgIpc) is 1.74. The van der Waals surface area contributed by atoms with Crippen molar-refractivity contribution in [3.63, 3.8) is 0 Å². The molecule has 15 rings (SSSR count). The number of aromatic nitrogens is 9. The number of halogens is 9. The molecule has 6 atom stereocenters. The normalized spacial score (nSPS) is 21.6. The van der Waals surface area contributed by atoms with Gasteiger partial charge in [-0.1, -0.05) is 36.4 Å². The highest BCUT2D eigenvalue weighted by Gasteiger charge is 2.56. The van der Waals surface area contributed by atoms with Crippen LogP contribution in [0.5, 0.6) is 17.2 Å². The Morgan fingerprint density at radius 2 is 0.821 bits per heavy atom. The molecule has 5 amide bonds. The van der Waals surface area contributed by atoms with Gasteiger partial charge in [-0.25, -0.2) is 64.1 Å². The highest BCUT2D eigenvalue weighted by atomic mass is 19.3. The molecule has 123 heavy (non-hydrogen) atoms. The van der Waals surface area contributed by atoms with Crippen molar-refractivity contribution in [2.45, 2.75) is 220 Å². The van der Waals surface area contributed by atoms with Crippen molar-refractivity contribution in [2.75, 3.05) is 56.9 Å². The topological polar surface area (TPSA) is 361 Å². The van der Waals surface area contributed by atoms with E-state index in [0.717, 1.165) is 9.36 Å². The maximum Gasteiger partial charge on any atom is 0.435 e. The molecule has 38 heteroatoms. The molecule has 0 unspecified atom stereocenters. The summed E-state index contributed by atoms with van der Waals surface area (Å²) < 4.78 is 155. The molecule has 3 saturated carbocycles. The number of hydrogen-bond donors (Lipinski definition) is 6. The second-order valence-electron chi connectivity index (χ2n) is 33.5. The van der Waals surface area contributed by atoms with Crippen molar-refractivity contribution in [1.82, 2.24) is 59.8 Å². The molecule has 6 aliphatic rings. The van der Waals surface area contributed by atoms with Gasteiger partial charge in [-0.3, -0.25) is 33.9 Å². The van der Waals surface area contributed by atoms with Crippen LogP contribution in [0.1, 0.15) is 155 Å². The fraction of sp³-hybridized carbons (Fsp3) is 0.482. The van der Waals surface area contributed by atoms with E-state index in [9.17, 15) is 83.0 Å². The first kappa shape index (κ1) is 90.2. The molecule has 0 bridgehead atoms. The van der Waals surface area contributed by atoms with Crippen LogP contribution in [0.3, 0.4) is 0 Å². The molecular weight excluding hydrogens is 1630 g/mol. The zero-order valence-corrected chi connectivity index (χ0v) is 68.9. The van der Waals surface area contributed by atoms with Crippen LogP contribution in [0.2, 0.25) is 0 Å². The minimum atomic E-state index is -2.92. The van der Waals surface area contributed by atoms with E-state index in [4.69, 9.17) is 23.7 Å². The van der Waals surface area contributed by atoms with E-state index in [1.165, 1.54) is 61.9 Å². The third-order valence-corrected chi connectivity index (χ3v) is 22.7. The van der Waals surface area contributed by atoms with Crippen LogP contribution in [0.15, 0.2) is 128 Å². The number of hydrogen-bond acceptors (Lipinski definition) is 20. The lowest BCUT2D eigenvalue weighted by Crippen LogP contribution is -2.54. The van der Waals surface area contributed by atoms with Crippen molar-refractivity contribution >= 4 is 98.2 Å². The molecule has 6 N–H and O–H groups in total.